The Balaban J connectivity index is 2.57. The first-order valence-electron chi connectivity index (χ1n) is 7.69. The molecule has 0 saturated heterocycles. The van der Waals surface area contributed by atoms with Crippen molar-refractivity contribution in [2.24, 2.45) is 0 Å². The Morgan fingerprint density at radius 2 is 2.04 bits per heavy atom. The van der Waals surface area contributed by atoms with E-state index in [1.54, 1.807) is 13.0 Å². The summed E-state index contributed by atoms with van der Waals surface area (Å²) in [6.45, 7) is 6.50. The summed E-state index contributed by atoms with van der Waals surface area (Å²) in [5.41, 5.74) is 1.76. The summed E-state index contributed by atoms with van der Waals surface area (Å²) < 4.78 is 6.29. The summed E-state index contributed by atoms with van der Waals surface area (Å²) in [5, 5.41) is 7.30. The molecule has 122 valence electrons. The summed E-state index contributed by atoms with van der Waals surface area (Å²) in [6.07, 6.45) is 0.864. The molecule has 0 saturated carbocycles. The summed E-state index contributed by atoms with van der Waals surface area (Å²) in [5.74, 6) is -0.548. The lowest BCUT2D eigenvalue weighted by Crippen LogP contribution is -2.26. The molecule has 0 bridgehead atoms. The van der Waals surface area contributed by atoms with E-state index < -0.39 is 5.97 Å². The van der Waals surface area contributed by atoms with Crippen LogP contribution < -0.4 is 10.9 Å². The van der Waals surface area contributed by atoms with Crippen LogP contribution in [0.1, 0.15) is 36.3 Å². The maximum absolute atomic E-state index is 12.4. The van der Waals surface area contributed by atoms with E-state index in [0.717, 1.165) is 12.0 Å². The Kier molecular flexibility index (Phi) is 5.51. The molecule has 0 aliphatic carbocycles. The average Bonchev–Trinajstić information content (AvgIpc) is 2.54. The Hall–Kier alpha value is -2.63. The first-order chi connectivity index (χ1) is 11.1. The fourth-order valence-electron chi connectivity index (χ4n) is 2.17. The Morgan fingerprint density at radius 1 is 1.30 bits per heavy atom. The van der Waals surface area contributed by atoms with E-state index in [-0.39, 0.29) is 17.9 Å². The first-order valence-corrected chi connectivity index (χ1v) is 7.69. The van der Waals surface area contributed by atoms with E-state index >= 15 is 0 Å². The van der Waals surface area contributed by atoms with Crippen LogP contribution >= 0.6 is 0 Å². The van der Waals surface area contributed by atoms with Gasteiger partial charge in [-0.2, -0.15) is 9.78 Å². The van der Waals surface area contributed by atoms with Crippen LogP contribution in [0.2, 0.25) is 0 Å². The molecule has 0 amide bonds. The van der Waals surface area contributed by atoms with Gasteiger partial charge in [0.15, 0.2) is 5.69 Å². The Morgan fingerprint density at radius 3 is 2.70 bits per heavy atom. The van der Waals surface area contributed by atoms with Crippen molar-refractivity contribution < 1.29 is 9.53 Å². The highest BCUT2D eigenvalue weighted by atomic mass is 16.5. The van der Waals surface area contributed by atoms with Gasteiger partial charge in [-0.1, -0.05) is 25.1 Å². The van der Waals surface area contributed by atoms with Crippen LogP contribution in [0.5, 0.6) is 0 Å². The van der Waals surface area contributed by atoms with E-state index in [2.05, 4.69) is 10.4 Å². The van der Waals surface area contributed by atoms with Gasteiger partial charge in [-0.3, -0.25) is 4.79 Å². The number of ether oxygens (including phenoxy) is 1. The fraction of sp³-hybridized carbons (Fsp3) is 0.353. The summed E-state index contributed by atoms with van der Waals surface area (Å²) in [6, 6.07) is 8.77. The number of benzene rings is 1. The number of carbonyl (C=O) groups is 1. The SMILES string of the molecule is CCCNc1cc(=O)n(-c2ccccc2C)nc1C(=O)OCC. The van der Waals surface area contributed by atoms with E-state index in [9.17, 15) is 9.59 Å². The third-order valence-electron chi connectivity index (χ3n) is 3.31. The van der Waals surface area contributed by atoms with E-state index in [1.807, 2.05) is 32.0 Å². The van der Waals surface area contributed by atoms with E-state index in [0.29, 0.717) is 17.9 Å². The zero-order valence-corrected chi connectivity index (χ0v) is 13.6. The molecule has 2 rings (SSSR count). The summed E-state index contributed by atoms with van der Waals surface area (Å²) in [7, 11) is 0. The zero-order valence-electron chi connectivity index (χ0n) is 13.6. The molecule has 0 spiro atoms. The zero-order chi connectivity index (χ0) is 16.8. The maximum Gasteiger partial charge on any atom is 0.360 e. The van der Waals surface area contributed by atoms with Gasteiger partial charge in [0.2, 0.25) is 0 Å². The number of aryl methyl sites for hydroxylation is 1. The Bertz CT molecular complexity index is 753. The number of rotatable bonds is 6. The molecule has 1 N–H and O–H groups in total. The van der Waals surface area contributed by atoms with Gasteiger partial charge in [-0.15, -0.1) is 0 Å². The lowest BCUT2D eigenvalue weighted by Gasteiger charge is -2.13. The largest absolute Gasteiger partial charge is 0.461 e. The molecule has 1 aromatic carbocycles. The van der Waals surface area contributed by atoms with Crippen molar-refractivity contribution in [1.82, 2.24) is 9.78 Å². The monoisotopic (exact) mass is 315 g/mol. The van der Waals surface area contributed by atoms with Crippen molar-refractivity contribution in [1.29, 1.82) is 0 Å². The third kappa shape index (κ3) is 3.77. The molecule has 1 heterocycles. The van der Waals surface area contributed by atoms with Gasteiger partial charge in [0.25, 0.3) is 5.56 Å². The minimum atomic E-state index is -0.548. The number of nitrogens with one attached hydrogen (secondary N) is 1. The number of nitrogens with zero attached hydrogens (tertiary/aromatic N) is 2. The van der Waals surface area contributed by atoms with Crippen molar-refractivity contribution in [3.63, 3.8) is 0 Å². The number of hydrogen-bond acceptors (Lipinski definition) is 5. The first kappa shape index (κ1) is 16.7. The van der Waals surface area contributed by atoms with Crippen LogP contribution in [0.25, 0.3) is 5.69 Å². The molecule has 0 atom stereocenters. The van der Waals surface area contributed by atoms with Crippen LogP contribution in [-0.2, 0) is 4.74 Å². The molecule has 23 heavy (non-hydrogen) atoms. The molecular weight excluding hydrogens is 294 g/mol. The van der Waals surface area contributed by atoms with Crippen LogP contribution in [0.3, 0.4) is 0 Å². The number of aromatic nitrogens is 2. The number of hydrogen-bond donors (Lipinski definition) is 1. The van der Waals surface area contributed by atoms with Crippen LogP contribution in [-0.4, -0.2) is 28.9 Å². The fourth-order valence-corrected chi connectivity index (χ4v) is 2.17. The quantitative estimate of drug-likeness (QED) is 0.829. The minimum Gasteiger partial charge on any atom is -0.461 e. The summed E-state index contributed by atoms with van der Waals surface area (Å²) in [4.78, 5) is 24.6. The minimum absolute atomic E-state index is 0.114. The molecule has 6 nitrogen and oxygen atoms in total. The van der Waals surface area contributed by atoms with Crippen LogP contribution in [0.15, 0.2) is 35.1 Å². The molecule has 0 aliphatic heterocycles. The van der Waals surface area contributed by atoms with Crippen molar-refractivity contribution in [2.75, 3.05) is 18.5 Å². The molecular formula is C17H21N3O3. The molecule has 0 aliphatic rings. The van der Waals surface area contributed by atoms with Gasteiger partial charge >= 0.3 is 5.97 Å². The van der Waals surface area contributed by atoms with E-state index in [4.69, 9.17) is 4.74 Å². The van der Waals surface area contributed by atoms with Crippen molar-refractivity contribution in [3.05, 3.63) is 51.9 Å². The van der Waals surface area contributed by atoms with Crippen molar-refractivity contribution >= 4 is 11.7 Å². The maximum atomic E-state index is 12.4. The molecule has 0 unspecified atom stereocenters. The topological polar surface area (TPSA) is 73.2 Å². The third-order valence-corrected chi connectivity index (χ3v) is 3.31. The molecule has 0 fully saturated rings. The van der Waals surface area contributed by atoms with Crippen molar-refractivity contribution in [2.45, 2.75) is 27.2 Å². The number of anilines is 1. The standard InChI is InChI=1S/C17H21N3O3/c1-4-10-18-13-11-15(21)20(14-9-7-6-8-12(14)3)19-16(13)17(22)23-5-2/h6-9,11,18H,4-5,10H2,1-3H3. The van der Waals surface area contributed by atoms with Gasteiger partial charge in [0.05, 0.1) is 18.0 Å². The smallest absolute Gasteiger partial charge is 0.360 e. The molecule has 0 radical (unpaired) electrons. The molecule has 1 aromatic heterocycles. The second kappa shape index (κ2) is 7.58. The predicted octanol–water partition coefficient (Wildman–Crippen LogP) is 2.54. The number of esters is 1. The van der Waals surface area contributed by atoms with E-state index in [1.165, 1.54) is 10.7 Å². The lowest BCUT2D eigenvalue weighted by molar-refractivity contribution is 0.0518. The summed E-state index contributed by atoms with van der Waals surface area (Å²) >= 11 is 0. The number of para-hydroxylation sites is 1. The highest BCUT2D eigenvalue weighted by molar-refractivity contribution is 5.93. The second-order valence-corrected chi connectivity index (χ2v) is 5.09. The van der Waals surface area contributed by atoms with Gasteiger partial charge in [0, 0.05) is 12.6 Å². The highest BCUT2D eigenvalue weighted by Crippen LogP contribution is 2.15. The second-order valence-electron chi connectivity index (χ2n) is 5.09. The van der Waals surface area contributed by atoms with Gasteiger partial charge in [0.1, 0.15) is 0 Å². The molecule has 6 heteroatoms. The Labute approximate surface area is 135 Å². The molecule has 2 aromatic rings. The normalized spacial score (nSPS) is 10.4. The lowest BCUT2D eigenvalue weighted by atomic mass is 10.2. The number of carbonyl (C=O) groups excluding carboxylic acids is 1. The van der Waals surface area contributed by atoms with Gasteiger partial charge in [-0.05, 0) is 31.9 Å². The van der Waals surface area contributed by atoms with Crippen LogP contribution in [0.4, 0.5) is 5.69 Å². The van der Waals surface area contributed by atoms with Crippen LogP contribution in [0, 0.1) is 6.92 Å². The van der Waals surface area contributed by atoms with Crippen molar-refractivity contribution in [3.8, 4) is 5.69 Å². The highest BCUT2D eigenvalue weighted by Gasteiger charge is 2.18. The average molecular weight is 315 g/mol. The predicted molar refractivity (Wildman–Crippen MR) is 89.3 cm³/mol. The van der Waals surface area contributed by atoms with Gasteiger partial charge < -0.3 is 10.1 Å². The van der Waals surface area contributed by atoms with Gasteiger partial charge in [-0.25, -0.2) is 4.79 Å².